The monoisotopic (exact) mass is 360 g/mol. The summed E-state index contributed by atoms with van der Waals surface area (Å²) >= 11 is 1.75. The minimum absolute atomic E-state index is 0.182. The van der Waals surface area contributed by atoms with Gasteiger partial charge in [0.2, 0.25) is 6.23 Å². The molecule has 26 heavy (non-hydrogen) atoms. The number of hydrogen-bond donors (Lipinski definition) is 0. The SMILES string of the molecule is CCc1ccc([C@@H]2Oc3ccccc3[C@@H]3CC(c4cccs4)=NN32)cc1. The van der Waals surface area contributed by atoms with Crippen molar-refractivity contribution in [2.75, 3.05) is 0 Å². The van der Waals surface area contributed by atoms with E-state index in [1.807, 2.05) is 6.07 Å². The fourth-order valence-corrected chi connectivity index (χ4v) is 4.48. The van der Waals surface area contributed by atoms with E-state index in [1.165, 1.54) is 16.0 Å². The zero-order valence-electron chi connectivity index (χ0n) is 14.6. The van der Waals surface area contributed by atoms with Gasteiger partial charge < -0.3 is 4.74 Å². The van der Waals surface area contributed by atoms with Crippen LogP contribution in [0, 0.1) is 0 Å². The Balaban J connectivity index is 1.58. The van der Waals surface area contributed by atoms with Crippen LogP contribution in [0.2, 0.25) is 0 Å². The van der Waals surface area contributed by atoms with E-state index in [9.17, 15) is 0 Å². The van der Waals surface area contributed by atoms with Crippen LogP contribution in [0.25, 0.3) is 0 Å². The second-order valence-corrected chi connectivity index (χ2v) is 7.67. The van der Waals surface area contributed by atoms with Crippen molar-refractivity contribution in [1.82, 2.24) is 5.01 Å². The van der Waals surface area contributed by atoms with Crippen LogP contribution in [0.1, 0.15) is 47.2 Å². The number of fused-ring (bicyclic) bond motifs is 3. The molecule has 5 rings (SSSR count). The van der Waals surface area contributed by atoms with E-state index in [-0.39, 0.29) is 12.3 Å². The Hall–Kier alpha value is -2.59. The largest absolute Gasteiger partial charge is 0.464 e. The highest BCUT2D eigenvalue weighted by molar-refractivity contribution is 7.12. The lowest BCUT2D eigenvalue weighted by molar-refractivity contribution is -0.0190. The van der Waals surface area contributed by atoms with Crippen LogP contribution in [-0.2, 0) is 6.42 Å². The first kappa shape index (κ1) is 15.6. The first-order valence-corrected chi connectivity index (χ1v) is 9.95. The van der Waals surface area contributed by atoms with Crippen molar-refractivity contribution in [1.29, 1.82) is 0 Å². The molecule has 0 fully saturated rings. The van der Waals surface area contributed by atoms with Gasteiger partial charge in [0.25, 0.3) is 0 Å². The van der Waals surface area contributed by atoms with Crippen molar-refractivity contribution in [3.8, 4) is 5.75 Å². The zero-order valence-corrected chi connectivity index (χ0v) is 15.4. The lowest BCUT2D eigenvalue weighted by Crippen LogP contribution is -2.33. The first-order chi connectivity index (χ1) is 12.8. The number of rotatable bonds is 3. The standard InChI is InChI=1S/C22H20N2OS/c1-2-15-9-11-16(12-10-15)22-24-19(17-6-3-4-7-20(17)25-22)14-18(23-24)21-8-5-13-26-21/h3-13,19,22H,2,14H2,1H3/t19-,22-/m0/s1. The normalized spacial score (nSPS) is 21.0. The molecule has 130 valence electrons. The lowest BCUT2D eigenvalue weighted by Gasteiger charge is -2.38. The molecule has 3 nitrogen and oxygen atoms in total. The van der Waals surface area contributed by atoms with E-state index in [0.29, 0.717) is 0 Å². The van der Waals surface area contributed by atoms with E-state index >= 15 is 0 Å². The Bertz CT molecular complexity index is 947. The molecule has 2 aliphatic rings. The summed E-state index contributed by atoms with van der Waals surface area (Å²) in [4.78, 5) is 1.25. The number of hydrazone groups is 1. The Morgan fingerprint density at radius 3 is 2.69 bits per heavy atom. The van der Waals surface area contributed by atoms with Crippen LogP contribution >= 0.6 is 11.3 Å². The molecule has 2 atom stereocenters. The van der Waals surface area contributed by atoms with Gasteiger partial charge in [0.05, 0.1) is 16.6 Å². The summed E-state index contributed by atoms with van der Waals surface area (Å²) in [6.45, 7) is 2.18. The summed E-state index contributed by atoms with van der Waals surface area (Å²) in [7, 11) is 0. The smallest absolute Gasteiger partial charge is 0.213 e. The van der Waals surface area contributed by atoms with Crippen molar-refractivity contribution in [2.45, 2.75) is 32.0 Å². The van der Waals surface area contributed by atoms with Crippen LogP contribution in [0.15, 0.2) is 71.1 Å². The number of para-hydroxylation sites is 1. The molecule has 0 bridgehead atoms. The highest BCUT2D eigenvalue weighted by Gasteiger charge is 2.40. The maximum atomic E-state index is 6.39. The van der Waals surface area contributed by atoms with Gasteiger partial charge in [0, 0.05) is 17.5 Å². The van der Waals surface area contributed by atoms with Gasteiger partial charge in [-0.15, -0.1) is 11.3 Å². The quantitative estimate of drug-likeness (QED) is 0.611. The number of nitrogens with zero attached hydrogens (tertiary/aromatic N) is 2. The molecule has 0 unspecified atom stereocenters. The van der Waals surface area contributed by atoms with Crippen molar-refractivity contribution in [3.05, 3.63) is 87.6 Å². The lowest BCUT2D eigenvalue weighted by atomic mass is 9.97. The Morgan fingerprint density at radius 2 is 1.92 bits per heavy atom. The van der Waals surface area contributed by atoms with E-state index in [2.05, 4.69) is 71.9 Å². The molecule has 0 saturated carbocycles. The summed E-state index contributed by atoms with van der Waals surface area (Å²) < 4.78 is 6.39. The average Bonchev–Trinajstić information content (AvgIpc) is 3.37. The van der Waals surface area contributed by atoms with Crippen LogP contribution in [0.5, 0.6) is 5.75 Å². The third-order valence-electron chi connectivity index (χ3n) is 5.18. The third kappa shape index (κ3) is 2.53. The molecule has 2 aromatic carbocycles. The van der Waals surface area contributed by atoms with Crippen molar-refractivity contribution in [2.24, 2.45) is 5.10 Å². The molecular formula is C22H20N2OS. The van der Waals surface area contributed by atoms with Gasteiger partial charge in [-0.2, -0.15) is 5.10 Å². The van der Waals surface area contributed by atoms with Crippen LogP contribution in [0.3, 0.4) is 0 Å². The van der Waals surface area contributed by atoms with Crippen LogP contribution in [0.4, 0.5) is 0 Å². The number of ether oxygens (including phenoxy) is 1. The second-order valence-electron chi connectivity index (χ2n) is 6.73. The fraction of sp³-hybridized carbons (Fsp3) is 0.227. The third-order valence-corrected chi connectivity index (χ3v) is 6.10. The molecule has 0 aliphatic carbocycles. The topological polar surface area (TPSA) is 24.8 Å². The maximum Gasteiger partial charge on any atom is 0.213 e. The molecule has 0 saturated heterocycles. The summed E-state index contributed by atoms with van der Waals surface area (Å²) in [6.07, 6.45) is 1.78. The van der Waals surface area contributed by atoms with Gasteiger partial charge in [-0.05, 0) is 29.5 Å². The van der Waals surface area contributed by atoms with Crippen molar-refractivity contribution < 1.29 is 4.74 Å². The highest BCUT2D eigenvalue weighted by Crippen LogP contribution is 2.47. The summed E-state index contributed by atoms with van der Waals surface area (Å²) in [5.74, 6) is 0.973. The molecule has 0 amide bonds. The van der Waals surface area contributed by atoms with Gasteiger partial charge >= 0.3 is 0 Å². The first-order valence-electron chi connectivity index (χ1n) is 9.07. The number of thiophene rings is 1. The molecule has 2 aliphatic heterocycles. The molecule has 0 radical (unpaired) electrons. The zero-order chi connectivity index (χ0) is 17.5. The summed E-state index contributed by atoms with van der Waals surface area (Å²) in [6, 6.07) is 21.6. The molecule has 4 heteroatoms. The minimum Gasteiger partial charge on any atom is -0.464 e. The number of benzene rings is 2. The van der Waals surface area contributed by atoms with Crippen LogP contribution in [-0.4, -0.2) is 10.7 Å². The predicted octanol–water partition coefficient (Wildman–Crippen LogP) is 5.55. The van der Waals surface area contributed by atoms with E-state index < -0.39 is 0 Å². The van der Waals surface area contributed by atoms with Gasteiger partial charge in [0.15, 0.2) is 0 Å². The van der Waals surface area contributed by atoms with Crippen molar-refractivity contribution in [3.63, 3.8) is 0 Å². The molecule has 0 N–H and O–H groups in total. The highest BCUT2D eigenvalue weighted by atomic mass is 32.1. The van der Waals surface area contributed by atoms with Gasteiger partial charge in [-0.25, -0.2) is 5.01 Å². The van der Waals surface area contributed by atoms with Gasteiger partial charge in [0.1, 0.15) is 5.75 Å². The van der Waals surface area contributed by atoms with E-state index in [4.69, 9.17) is 9.84 Å². The molecule has 0 spiro atoms. The molecule has 3 heterocycles. The van der Waals surface area contributed by atoms with Crippen molar-refractivity contribution >= 4 is 17.0 Å². The number of aryl methyl sites for hydroxylation is 1. The van der Waals surface area contributed by atoms with Crippen LogP contribution < -0.4 is 4.74 Å². The Morgan fingerprint density at radius 1 is 1.08 bits per heavy atom. The Kier molecular flexibility index (Phi) is 3.79. The van der Waals surface area contributed by atoms with E-state index in [0.717, 1.165) is 29.9 Å². The van der Waals surface area contributed by atoms with Gasteiger partial charge in [-0.3, -0.25) is 0 Å². The average molecular weight is 360 g/mol. The van der Waals surface area contributed by atoms with Gasteiger partial charge in [-0.1, -0.05) is 55.5 Å². The summed E-state index contributed by atoms with van der Waals surface area (Å²) in [5, 5.41) is 9.25. The molecular weight excluding hydrogens is 340 g/mol. The summed E-state index contributed by atoms with van der Waals surface area (Å²) in [5.41, 5.74) is 4.87. The fourth-order valence-electron chi connectivity index (χ4n) is 3.76. The minimum atomic E-state index is -0.182. The predicted molar refractivity (Wildman–Crippen MR) is 106 cm³/mol. The maximum absolute atomic E-state index is 6.39. The molecule has 1 aromatic heterocycles. The Labute approximate surface area is 157 Å². The molecule has 3 aromatic rings. The number of hydrogen-bond acceptors (Lipinski definition) is 4. The van der Waals surface area contributed by atoms with E-state index in [1.54, 1.807) is 11.3 Å². The second kappa shape index (κ2) is 6.29.